The summed E-state index contributed by atoms with van der Waals surface area (Å²) < 4.78 is 36.3. The number of aliphatic imine (C=N–C) groups is 1. The third kappa shape index (κ3) is 12.1. The molecule has 8 N–H and O–H groups in total. The summed E-state index contributed by atoms with van der Waals surface area (Å²) in [5.74, 6) is 0.0590. The molecule has 0 aliphatic heterocycles. The van der Waals surface area contributed by atoms with E-state index in [1.165, 1.54) is 55.8 Å². The average molecular weight is 702 g/mol. The minimum atomic E-state index is -2.95. The van der Waals surface area contributed by atoms with E-state index in [1.54, 1.807) is 62.4 Å². The zero-order chi connectivity index (χ0) is 33.7. The average Bonchev–Trinajstić information content (AvgIpc) is 3.00. The Morgan fingerprint density at radius 1 is 0.773 bits per heavy atom. The monoisotopic (exact) mass is 700 g/mol. The van der Waals surface area contributed by atoms with Gasteiger partial charge in [0.05, 0.1) is 28.5 Å². The van der Waals surface area contributed by atoms with Crippen LogP contribution in [0.3, 0.4) is 0 Å². The van der Waals surface area contributed by atoms with Crippen LogP contribution in [0.15, 0.2) is 65.7 Å². The number of aryl methyl sites for hydroxylation is 2. The summed E-state index contributed by atoms with van der Waals surface area (Å²) in [6, 6.07) is 9.90. The van der Waals surface area contributed by atoms with Crippen LogP contribution in [0, 0.1) is 13.8 Å². The second-order valence-electron chi connectivity index (χ2n) is 8.29. The number of phenols is 3. The van der Waals surface area contributed by atoms with Gasteiger partial charge in [0.2, 0.25) is 0 Å². The van der Waals surface area contributed by atoms with Crippen molar-refractivity contribution in [2.75, 3.05) is 16.8 Å². The zero-order valence-electron chi connectivity index (χ0n) is 23.8. The normalized spacial score (nSPS) is 11.2. The molecule has 1 aliphatic carbocycles. The van der Waals surface area contributed by atoms with Gasteiger partial charge in [-0.1, -0.05) is 23.2 Å². The van der Waals surface area contributed by atoms with Gasteiger partial charge in [0, 0.05) is 5.69 Å². The predicted octanol–water partition coefficient (Wildman–Crippen LogP) is 3.99. The predicted molar refractivity (Wildman–Crippen MR) is 176 cm³/mol. The standard InChI is InChI=1S/C13H13ClN2O2.C13H11ClN2O2.2Na.O4S2/c2*1-7-6-10(12(15)11(14)13(7)18)16-8-2-4-9(17)5-3-8;;;1-5(2)6(3)4/h2-6,16-18H,15H2,1H3;2-6,18H,15H2,1H3;;;. The van der Waals surface area contributed by atoms with Gasteiger partial charge in [-0.05, 0) is 85.7 Å². The Kier molecular flexibility index (Phi) is 17.2. The van der Waals surface area contributed by atoms with E-state index in [-0.39, 0.29) is 44.5 Å². The molecule has 0 unspecified atom stereocenters. The van der Waals surface area contributed by atoms with Crippen LogP contribution in [0.25, 0.3) is 0 Å². The molecule has 0 heterocycles. The van der Waals surface area contributed by atoms with Gasteiger partial charge >= 0.3 is 62.1 Å². The van der Waals surface area contributed by atoms with E-state index in [9.17, 15) is 20.1 Å². The van der Waals surface area contributed by atoms with Gasteiger partial charge in [0.15, 0.2) is 5.78 Å². The van der Waals surface area contributed by atoms with E-state index >= 15 is 0 Å². The fourth-order valence-electron chi connectivity index (χ4n) is 3.10. The third-order valence-electron chi connectivity index (χ3n) is 5.26. The maximum atomic E-state index is 11.0. The Hall–Kier alpha value is -2.50. The SMILES string of the molecule is Cc1cc(N=C2C=CC(=O)C=C2)c(N)c(Cl)c1O.Cc1cc(Nc2ccc(O)cc2)c(N)c(Cl)c1O.O=S(=O)=S(=O)=O.[Na][Na]. The summed E-state index contributed by atoms with van der Waals surface area (Å²) in [4.78, 5) is 15.3. The number of carbonyl (C=O) groups is 1. The number of nitrogens with zero attached hydrogens (tertiary/aromatic N) is 1. The molecule has 0 atom stereocenters. The van der Waals surface area contributed by atoms with Gasteiger partial charge in [0.1, 0.15) is 27.3 Å². The Bertz CT molecular complexity index is 1820. The summed E-state index contributed by atoms with van der Waals surface area (Å²) in [5, 5.41) is 31.8. The first-order chi connectivity index (χ1) is 20.6. The van der Waals surface area contributed by atoms with Gasteiger partial charge in [-0.3, -0.25) is 4.79 Å². The second kappa shape index (κ2) is 19.1. The van der Waals surface area contributed by atoms with E-state index in [2.05, 4.69) is 10.3 Å². The van der Waals surface area contributed by atoms with Crippen LogP contribution in [0.5, 0.6) is 17.2 Å². The molecule has 0 amide bonds. The summed E-state index contributed by atoms with van der Waals surface area (Å²) in [6.45, 7) is 3.45. The Morgan fingerprint density at radius 2 is 1.23 bits per heavy atom. The number of hydrogen-bond donors (Lipinski definition) is 6. The molecule has 0 radical (unpaired) electrons. The quantitative estimate of drug-likeness (QED) is 0.0992. The van der Waals surface area contributed by atoms with E-state index in [1.807, 2.05) is 0 Å². The number of rotatable bonds is 3. The Labute approximate surface area is 293 Å². The Morgan fingerprint density at radius 3 is 1.70 bits per heavy atom. The first-order valence-electron chi connectivity index (χ1n) is 12.4. The van der Waals surface area contributed by atoms with Gasteiger partial charge in [0.25, 0.3) is 0 Å². The van der Waals surface area contributed by atoms with Crippen LogP contribution in [0.1, 0.15) is 11.1 Å². The van der Waals surface area contributed by atoms with Gasteiger partial charge in [-0.2, -0.15) is 16.8 Å². The van der Waals surface area contributed by atoms with E-state index < -0.39 is 18.5 Å². The fraction of sp³-hybridized carbons (Fsp3) is 0.0769. The van der Waals surface area contributed by atoms with E-state index in [0.717, 1.165) is 5.69 Å². The molecule has 12 nitrogen and oxygen atoms in total. The number of nitrogens with two attached hydrogens (primary N) is 2. The first kappa shape index (κ1) is 39.5. The van der Waals surface area contributed by atoms with Crippen molar-refractivity contribution in [1.82, 2.24) is 0 Å². The minimum absolute atomic E-state index is 0.00887. The van der Waals surface area contributed by atoms with Gasteiger partial charge < -0.3 is 32.1 Å². The number of hydrogen-bond acceptors (Lipinski definition) is 12. The van der Waals surface area contributed by atoms with Gasteiger partial charge in [-0.25, -0.2) is 4.99 Å². The number of carbonyl (C=O) groups excluding carboxylic acids is 1. The van der Waals surface area contributed by atoms with Crippen molar-refractivity contribution in [2.24, 2.45) is 4.99 Å². The van der Waals surface area contributed by atoms with Gasteiger partial charge in [-0.15, -0.1) is 0 Å². The first-order valence-corrected chi connectivity index (χ1v) is 23.8. The molecular weight excluding hydrogens is 677 g/mol. The third-order valence-corrected chi connectivity index (χ3v) is 6.91. The molecular formula is C26H24Cl2N4Na2O8S2. The van der Waals surface area contributed by atoms with Crippen molar-refractivity contribution in [3.05, 3.63) is 81.9 Å². The molecule has 0 spiro atoms. The molecule has 3 aromatic rings. The van der Waals surface area contributed by atoms with E-state index in [0.29, 0.717) is 28.2 Å². The van der Waals surface area contributed by atoms with Crippen molar-refractivity contribution in [2.45, 2.75) is 13.8 Å². The van der Waals surface area contributed by atoms with Crippen LogP contribution in [0.4, 0.5) is 28.4 Å². The van der Waals surface area contributed by atoms with Crippen LogP contribution in [0.2, 0.25) is 10.0 Å². The summed E-state index contributed by atoms with van der Waals surface area (Å²) in [7, 11) is -5.90. The molecule has 3 aromatic carbocycles. The molecule has 18 heteroatoms. The number of nitrogens with one attached hydrogen (secondary N) is 1. The number of anilines is 4. The number of aromatic hydroxyl groups is 3. The molecule has 4 rings (SSSR count). The second-order valence-corrected chi connectivity index (χ2v) is 11.5. The molecule has 224 valence electrons. The number of ketones is 1. The number of phenolic OH excluding ortho intramolecular Hbond substituents is 3. The number of allylic oxidation sites excluding steroid dienone is 4. The van der Waals surface area contributed by atoms with Crippen molar-refractivity contribution < 1.29 is 36.9 Å². The van der Waals surface area contributed by atoms with Crippen molar-refractivity contribution in [3.8, 4) is 17.2 Å². The summed E-state index contributed by atoms with van der Waals surface area (Å²) >= 11 is 14.7. The molecule has 1 aliphatic rings. The number of nitrogen functional groups attached to an aromatic ring is 2. The topological polar surface area (TPSA) is 222 Å². The summed E-state index contributed by atoms with van der Waals surface area (Å²) in [5.41, 5.74) is 15.8. The van der Waals surface area contributed by atoms with E-state index in [4.69, 9.17) is 51.5 Å². The molecule has 0 aromatic heterocycles. The van der Waals surface area contributed by atoms with Crippen LogP contribution >= 0.6 is 23.2 Å². The van der Waals surface area contributed by atoms with Crippen LogP contribution in [-0.2, 0) is 23.3 Å². The van der Waals surface area contributed by atoms with Crippen molar-refractivity contribution >= 4 is 125 Å². The molecule has 0 saturated heterocycles. The zero-order valence-corrected chi connectivity index (χ0v) is 31.0. The number of benzene rings is 3. The van der Waals surface area contributed by atoms with Crippen molar-refractivity contribution in [1.29, 1.82) is 0 Å². The van der Waals surface area contributed by atoms with Crippen LogP contribution < -0.4 is 16.8 Å². The summed E-state index contributed by atoms with van der Waals surface area (Å²) in [6.07, 6.45) is 6.03. The van der Waals surface area contributed by atoms with Crippen LogP contribution in [-0.4, -0.2) is 87.3 Å². The fourth-order valence-corrected chi connectivity index (χ4v) is 3.60. The Balaban J connectivity index is 0.000000356. The number of halogens is 2. The molecule has 0 fully saturated rings. The molecule has 0 saturated carbocycles. The van der Waals surface area contributed by atoms with Crippen molar-refractivity contribution in [3.63, 3.8) is 0 Å². The molecule has 0 bridgehead atoms. The maximum absolute atomic E-state index is 11.0. The molecule has 44 heavy (non-hydrogen) atoms.